The van der Waals surface area contributed by atoms with Gasteiger partial charge >= 0.3 is 0 Å². The Morgan fingerprint density at radius 3 is 2.55 bits per heavy atom. The fraction of sp³-hybridized carbons (Fsp3) is 0.167. The molecule has 4 nitrogen and oxygen atoms in total. The van der Waals surface area contributed by atoms with E-state index in [0.29, 0.717) is 10.8 Å². The van der Waals surface area contributed by atoms with E-state index >= 15 is 0 Å². The Hall–Kier alpha value is -1.16. The van der Waals surface area contributed by atoms with E-state index in [1.165, 1.54) is 12.4 Å². The topological polar surface area (TPSA) is 68.9 Å². The van der Waals surface area contributed by atoms with Crippen molar-refractivity contribution in [2.45, 2.75) is 6.42 Å². The molecule has 0 saturated heterocycles. The molecule has 58 valence electrons. The number of nitrogens with two attached hydrogens (primary N) is 1. The molecule has 1 amide bonds. The van der Waals surface area contributed by atoms with Gasteiger partial charge in [0, 0.05) is 12.4 Å². The molecule has 0 unspecified atom stereocenters. The van der Waals surface area contributed by atoms with Crippen molar-refractivity contribution in [3.05, 3.63) is 23.2 Å². The molecule has 0 aliphatic heterocycles. The summed E-state index contributed by atoms with van der Waals surface area (Å²) in [4.78, 5) is 17.9. The van der Waals surface area contributed by atoms with Gasteiger partial charge in [-0.25, -0.2) is 9.97 Å². The Kier molecular flexibility index (Phi) is 2.38. The van der Waals surface area contributed by atoms with Crippen molar-refractivity contribution in [3.63, 3.8) is 0 Å². The molecule has 0 aliphatic carbocycles. The Morgan fingerprint density at radius 1 is 1.55 bits per heavy atom. The number of hydrogen-bond donors (Lipinski definition) is 1. The van der Waals surface area contributed by atoms with Crippen molar-refractivity contribution in [2.24, 2.45) is 5.73 Å². The normalized spacial score (nSPS) is 9.55. The van der Waals surface area contributed by atoms with Crippen molar-refractivity contribution >= 4 is 17.5 Å². The molecule has 0 saturated carbocycles. The summed E-state index contributed by atoms with van der Waals surface area (Å²) in [7, 11) is 0. The summed E-state index contributed by atoms with van der Waals surface area (Å²) in [5.41, 5.74) is 4.91. The lowest BCUT2D eigenvalue weighted by molar-refractivity contribution is -0.117. The van der Waals surface area contributed by atoms with Crippen LogP contribution < -0.4 is 5.73 Å². The number of carbonyl (C=O) groups excluding carboxylic acids is 1. The van der Waals surface area contributed by atoms with E-state index in [-0.39, 0.29) is 6.42 Å². The van der Waals surface area contributed by atoms with Crippen molar-refractivity contribution in [1.29, 1.82) is 0 Å². The van der Waals surface area contributed by atoms with Crippen molar-refractivity contribution < 1.29 is 4.79 Å². The number of carbonyl (C=O) groups is 1. The molecular weight excluding hydrogens is 166 g/mol. The second-order valence-corrected chi connectivity index (χ2v) is 2.40. The van der Waals surface area contributed by atoms with Crippen LogP contribution in [0.15, 0.2) is 12.4 Å². The van der Waals surface area contributed by atoms with E-state index < -0.39 is 5.91 Å². The summed E-state index contributed by atoms with van der Waals surface area (Å²) >= 11 is 5.51. The van der Waals surface area contributed by atoms with Crippen LogP contribution >= 0.6 is 11.6 Å². The van der Waals surface area contributed by atoms with Crippen LogP contribution in [0.2, 0.25) is 5.02 Å². The van der Waals surface area contributed by atoms with Crippen LogP contribution in [0, 0.1) is 0 Å². The lowest BCUT2D eigenvalue weighted by atomic mass is 10.4. The first kappa shape index (κ1) is 7.94. The summed E-state index contributed by atoms with van der Waals surface area (Å²) in [6.45, 7) is 0. The van der Waals surface area contributed by atoms with E-state index in [1.54, 1.807) is 0 Å². The zero-order chi connectivity index (χ0) is 8.27. The summed E-state index contributed by atoms with van der Waals surface area (Å²) in [5.74, 6) is -0.0609. The van der Waals surface area contributed by atoms with Gasteiger partial charge in [-0.15, -0.1) is 0 Å². The van der Waals surface area contributed by atoms with Crippen LogP contribution in [-0.2, 0) is 11.2 Å². The fourth-order valence-electron chi connectivity index (χ4n) is 0.586. The molecule has 0 aliphatic rings. The van der Waals surface area contributed by atoms with E-state index in [0.717, 1.165) is 0 Å². The summed E-state index contributed by atoms with van der Waals surface area (Å²) in [6.07, 6.45) is 2.90. The zero-order valence-electron chi connectivity index (χ0n) is 5.62. The third kappa shape index (κ3) is 2.51. The number of aromatic nitrogens is 2. The predicted molar refractivity (Wildman–Crippen MR) is 39.9 cm³/mol. The second-order valence-electron chi connectivity index (χ2n) is 1.96. The van der Waals surface area contributed by atoms with Gasteiger partial charge in [0.05, 0.1) is 11.4 Å². The number of halogens is 1. The van der Waals surface area contributed by atoms with Gasteiger partial charge in [-0.2, -0.15) is 0 Å². The van der Waals surface area contributed by atoms with Crippen LogP contribution in [0.4, 0.5) is 0 Å². The summed E-state index contributed by atoms with van der Waals surface area (Å²) in [6, 6.07) is 0. The van der Waals surface area contributed by atoms with Crippen LogP contribution in [0.25, 0.3) is 0 Å². The Morgan fingerprint density at radius 2 is 2.09 bits per heavy atom. The molecule has 5 heteroatoms. The van der Waals surface area contributed by atoms with Gasteiger partial charge in [0.1, 0.15) is 5.82 Å². The third-order valence-electron chi connectivity index (χ3n) is 1.01. The molecule has 11 heavy (non-hydrogen) atoms. The first-order valence-corrected chi connectivity index (χ1v) is 3.31. The van der Waals surface area contributed by atoms with Crippen LogP contribution in [0.3, 0.4) is 0 Å². The molecule has 0 radical (unpaired) electrons. The highest BCUT2D eigenvalue weighted by atomic mass is 35.5. The lowest BCUT2D eigenvalue weighted by Crippen LogP contribution is -2.15. The molecule has 1 aromatic rings. The van der Waals surface area contributed by atoms with Crippen LogP contribution in [0.5, 0.6) is 0 Å². The lowest BCUT2D eigenvalue weighted by Gasteiger charge is -1.93. The van der Waals surface area contributed by atoms with Crippen molar-refractivity contribution in [2.75, 3.05) is 0 Å². The fourth-order valence-corrected chi connectivity index (χ4v) is 0.684. The first-order chi connectivity index (χ1) is 5.18. The second kappa shape index (κ2) is 3.30. The van der Waals surface area contributed by atoms with Gasteiger partial charge < -0.3 is 5.73 Å². The quantitative estimate of drug-likeness (QED) is 0.689. The van der Waals surface area contributed by atoms with Crippen molar-refractivity contribution in [1.82, 2.24) is 9.97 Å². The molecule has 0 atom stereocenters. The summed E-state index contributed by atoms with van der Waals surface area (Å²) in [5, 5.41) is 0.443. The molecule has 0 bridgehead atoms. The minimum absolute atomic E-state index is 0.0527. The molecule has 1 aromatic heterocycles. The molecule has 2 N–H and O–H groups in total. The summed E-state index contributed by atoms with van der Waals surface area (Å²) < 4.78 is 0. The van der Waals surface area contributed by atoms with E-state index in [9.17, 15) is 4.79 Å². The number of primary amides is 1. The predicted octanol–water partition coefficient (Wildman–Crippen LogP) is 0.158. The molecule has 0 fully saturated rings. The molecule has 0 spiro atoms. The van der Waals surface area contributed by atoms with Gasteiger partial charge in [-0.3, -0.25) is 4.79 Å². The van der Waals surface area contributed by atoms with Gasteiger partial charge in [0.25, 0.3) is 0 Å². The largest absolute Gasteiger partial charge is 0.369 e. The minimum atomic E-state index is -0.452. The van der Waals surface area contributed by atoms with Crippen molar-refractivity contribution in [3.8, 4) is 0 Å². The third-order valence-corrected chi connectivity index (χ3v) is 1.20. The standard InChI is InChI=1S/C6H6ClN3O/c7-4-2-9-6(10-3-4)1-5(8)11/h2-3H,1H2,(H2,8,11). The molecule has 0 aromatic carbocycles. The maximum absolute atomic E-state index is 10.4. The number of nitrogens with zero attached hydrogens (tertiary/aromatic N) is 2. The highest BCUT2D eigenvalue weighted by Gasteiger charge is 1.99. The molecule has 1 rings (SSSR count). The highest BCUT2D eigenvalue weighted by Crippen LogP contribution is 2.02. The van der Waals surface area contributed by atoms with E-state index in [2.05, 4.69) is 9.97 Å². The van der Waals surface area contributed by atoms with E-state index in [4.69, 9.17) is 17.3 Å². The average Bonchev–Trinajstić information content (AvgIpc) is 1.93. The van der Waals surface area contributed by atoms with Gasteiger partial charge in [-0.1, -0.05) is 11.6 Å². The highest BCUT2D eigenvalue weighted by molar-refractivity contribution is 6.30. The first-order valence-electron chi connectivity index (χ1n) is 2.93. The zero-order valence-corrected chi connectivity index (χ0v) is 6.38. The Labute approximate surface area is 68.4 Å². The maximum atomic E-state index is 10.4. The van der Waals surface area contributed by atoms with Gasteiger partial charge in [0.15, 0.2) is 0 Å². The number of rotatable bonds is 2. The number of amides is 1. The monoisotopic (exact) mass is 171 g/mol. The maximum Gasteiger partial charge on any atom is 0.225 e. The van der Waals surface area contributed by atoms with E-state index in [1.807, 2.05) is 0 Å². The minimum Gasteiger partial charge on any atom is -0.369 e. The van der Waals surface area contributed by atoms with Crippen LogP contribution in [-0.4, -0.2) is 15.9 Å². The SMILES string of the molecule is NC(=O)Cc1ncc(Cl)cn1. The van der Waals surface area contributed by atoms with Gasteiger partial charge in [-0.05, 0) is 0 Å². The van der Waals surface area contributed by atoms with Gasteiger partial charge in [0.2, 0.25) is 5.91 Å². The molecule has 1 heterocycles. The smallest absolute Gasteiger partial charge is 0.225 e. The Balaban J connectivity index is 2.74. The average molecular weight is 172 g/mol. The number of hydrogen-bond acceptors (Lipinski definition) is 3. The Bertz CT molecular complexity index is 259. The molecular formula is C6H6ClN3O. The van der Waals surface area contributed by atoms with Crippen LogP contribution in [0.1, 0.15) is 5.82 Å².